The Kier molecular flexibility index (Phi) is 8.57. The first-order chi connectivity index (χ1) is 4.59. The predicted octanol–water partition coefficient (Wildman–Crippen LogP) is 0.647. The van der Waals surface area contributed by atoms with Gasteiger partial charge in [0.05, 0.1) is 0 Å². The summed E-state index contributed by atoms with van der Waals surface area (Å²) in [6, 6.07) is 0. The molecule has 1 fully saturated rings. The number of hydrogen-bond acceptors (Lipinski definition) is 4. The largest absolute Gasteiger partial charge is 4.00 e. The number of hydrogen-bond donors (Lipinski definition) is 4. The van der Waals surface area contributed by atoms with Gasteiger partial charge in [0.25, 0.3) is 0 Å². The van der Waals surface area contributed by atoms with Crippen LogP contribution in [0.2, 0.25) is 0 Å². The Bertz CT molecular complexity index is 177. The molecule has 0 atom stereocenters. The molecule has 1 aliphatic carbocycles. The van der Waals surface area contributed by atoms with Crippen molar-refractivity contribution in [2.24, 2.45) is 5.41 Å². The minimum absolute atomic E-state index is 0. The van der Waals surface area contributed by atoms with Gasteiger partial charge in [-0.15, -0.1) is 0 Å². The summed E-state index contributed by atoms with van der Waals surface area (Å²) in [5, 5.41) is 16.9. The number of carboxylic acid groups (broad SMARTS) is 2. The van der Waals surface area contributed by atoms with Gasteiger partial charge in [-0.1, -0.05) is 0 Å². The van der Waals surface area contributed by atoms with Crippen LogP contribution in [0.4, 0.5) is 0 Å². The molecular formula is C6H14N2O4Pt+4. The van der Waals surface area contributed by atoms with Gasteiger partial charge in [-0.25, -0.2) is 0 Å². The molecule has 0 saturated heterocycles. The van der Waals surface area contributed by atoms with Crippen molar-refractivity contribution in [1.82, 2.24) is 12.3 Å². The van der Waals surface area contributed by atoms with Crippen molar-refractivity contribution in [3.05, 3.63) is 0 Å². The average Bonchev–Trinajstić information content (AvgIpc) is 1.57. The maximum atomic E-state index is 10.4. The van der Waals surface area contributed by atoms with E-state index >= 15 is 0 Å². The van der Waals surface area contributed by atoms with Crippen LogP contribution < -0.4 is 12.3 Å². The SMILES string of the molecule is N.N.O=C(O)C1(C(=O)O)CCC1.[Pt+4]. The van der Waals surface area contributed by atoms with Crippen molar-refractivity contribution in [3.8, 4) is 0 Å². The summed E-state index contributed by atoms with van der Waals surface area (Å²) in [5.41, 5.74) is -1.44. The zero-order valence-corrected chi connectivity index (χ0v) is 9.33. The van der Waals surface area contributed by atoms with E-state index in [0.717, 1.165) is 0 Å². The van der Waals surface area contributed by atoms with E-state index in [1.807, 2.05) is 0 Å². The van der Waals surface area contributed by atoms with Crippen LogP contribution in [0.25, 0.3) is 0 Å². The summed E-state index contributed by atoms with van der Waals surface area (Å²) < 4.78 is 0. The van der Waals surface area contributed by atoms with Crippen molar-refractivity contribution in [2.75, 3.05) is 0 Å². The van der Waals surface area contributed by atoms with E-state index in [-0.39, 0.29) is 46.2 Å². The van der Waals surface area contributed by atoms with Gasteiger partial charge in [0.2, 0.25) is 0 Å². The second-order valence-electron chi connectivity index (χ2n) is 2.55. The fourth-order valence-electron chi connectivity index (χ4n) is 1.05. The molecule has 0 aromatic heterocycles. The molecule has 1 aliphatic rings. The van der Waals surface area contributed by atoms with E-state index in [1.54, 1.807) is 0 Å². The van der Waals surface area contributed by atoms with Crippen molar-refractivity contribution >= 4 is 11.9 Å². The maximum absolute atomic E-state index is 10.4. The third-order valence-electron chi connectivity index (χ3n) is 2.03. The molecule has 0 amide bonds. The number of aliphatic carboxylic acids is 2. The first-order valence-electron chi connectivity index (χ1n) is 3.06. The van der Waals surface area contributed by atoms with Gasteiger partial charge in [-0.05, 0) is 19.3 Å². The van der Waals surface area contributed by atoms with Gasteiger partial charge in [-0.3, -0.25) is 9.59 Å². The molecule has 78 valence electrons. The van der Waals surface area contributed by atoms with E-state index in [2.05, 4.69) is 0 Å². The second-order valence-corrected chi connectivity index (χ2v) is 2.55. The van der Waals surface area contributed by atoms with Crippen LogP contribution in [0.5, 0.6) is 0 Å². The Balaban J connectivity index is -0.000000333. The summed E-state index contributed by atoms with van der Waals surface area (Å²) in [7, 11) is 0. The molecular weight excluding hydrogens is 359 g/mol. The number of carbonyl (C=O) groups is 2. The smallest absolute Gasteiger partial charge is 0.480 e. The third kappa shape index (κ3) is 2.76. The quantitative estimate of drug-likeness (QED) is 0.523. The van der Waals surface area contributed by atoms with E-state index < -0.39 is 17.4 Å². The van der Waals surface area contributed by atoms with Gasteiger partial charge < -0.3 is 22.5 Å². The minimum atomic E-state index is -1.44. The first-order valence-corrected chi connectivity index (χ1v) is 3.06. The molecule has 0 unspecified atom stereocenters. The molecule has 0 spiro atoms. The first kappa shape index (κ1) is 18.4. The molecule has 0 aliphatic heterocycles. The topological polar surface area (TPSA) is 145 Å². The molecule has 0 bridgehead atoms. The normalized spacial score (nSPS) is 16.3. The fraction of sp³-hybridized carbons (Fsp3) is 0.667. The zero-order valence-electron chi connectivity index (χ0n) is 7.06. The molecule has 13 heavy (non-hydrogen) atoms. The minimum Gasteiger partial charge on any atom is -0.480 e. The van der Waals surface area contributed by atoms with E-state index in [0.29, 0.717) is 6.42 Å². The van der Waals surface area contributed by atoms with Gasteiger partial charge in [-0.2, -0.15) is 0 Å². The van der Waals surface area contributed by atoms with Crippen molar-refractivity contribution in [2.45, 2.75) is 19.3 Å². The molecule has 6 nitrogen and oxygen atoms in total. The zero-order chi connectivity index (χ0) is 7.78. The monoisotopic (exact) mass is 373 g/mol. The van der Waals surface area contributed by atoms with Gasteiger partial charge >= 0.3 is 33.0 Å². The van der Waals surface area contributed by atoms with Crippen LogP contribution in [-0.4, -0.2) is 22.2 Å². The van der Waals surface area contributed by atoms with Crippen LogP contribution in [0, 0.1) is 5.41 Å². The number of carboxylic acids is 2. The van der Waals surface area contributed by atoms with Gasteiger partial charge in [0.15, 0.2) is 5.41 Å². The summed E-state index contributed by atoms with van der Waals surface area (Å²) in [5.74, 6) is -2.41. The predicted molar refractivity (Wildman–Crippen MR) is 41.6 cm³/mol. The van der Waals surface area contributed by atoms with Crippen LogP contribution in [0.3, 0.4) is 0 Å². The third-order valence-corrected chi connectivity index (χ3v) is 2.03. The van der Waals surface area contributed by atoms with Gasteiger partial charge in [0.1, 0.15) is 0 Å². The standard InChI is InChI=1S/C6H8O4.2H3N.Pt/c7-4(8)6(5(9)10)2-1-3-6;;;/h1-3H2,(H,7,8)(H,9,10);2*1H3;/q;;;+4. The Labute approximate surface area is 90.1 Å². The Morgan fingerprint density at radius 1 is 1.00 bits per heavy atom. The van der Waals surface area contributed by atoms with E-state index in [1.165, 1.54) is 0 Å². The van der Waals surface area contributed by atoms with Crippen LogP contribution in [0.1, 0.15) is 19.3 Å². The second kappa shape index (κ2) is 6.07. The molecule has 1 saturated carbocycles. The van der Waals surface area contributed by atoms with E-state index in [4.69, 9.17) is 10.2 Å². The molecule has 0 aromatic rings. The maximum Gasteiger partial charge on any atom is 4.00 e. The van der Waals surface area contributed by atoms with Crippen molar-refractivity contribution < 1.29 is 40.9 Å². The van der Waals surface area contributed by atoms with Crippen LogP contribution >= 0.6 is 0 Å². The molecule has 1 rings (SSSR count). The average molecular weight is 373 g/mol. The molecule has 7 heteroatoms. The van der Waals surface area contributed by atoms with Crippen molar-refractivity contribution in [1.29, 1.82) is 0 Å². The summed E-state index contributed by atoms with van der Waals surface area (Å²) >= 11 is 0. The molecule has 0 aromatic carbocycles. The number of rotatable bonds is 2. The molecule has 0 radical (unpaired) electrons. The Morgan fingerprint density at radius 2 is 1.31 bits per heavy atom. The van der Waals surface area contributed by atoms with E-state index in [9.17, 15) is 9.59 Å². The Hall–Kier alpha value is -0.452. The summed E-state index contributed by atoms with van der Waals surface area (Å²) in [4.78, 5) is 20.7. The summed E-state index contributed by atoms with van der Waals surface area (Å²) in [6.07, 6.45) is 1.26. The van der Waals surface area contributed by atoms with Crippen LogP contribution in [0.15, 0.2) is 0 Å². The van der Waals surface area contributed by atoms with Gasteiger partial charge in [0, 0.05) is 0 Å². The molecule has 0 heterocycles. The van der Waals surface area contributed by atoms with Crippen molar-refractivity contribution in [3.63, 3.8) is 0 Å². The van der Waals surface area contributed by atoms with Crippen LogP contribution in [-0.2, 0) is 30.7 Å². The summed E-state index contributed by atoms with van der Waals surface area (Å²) in [6.45, 7) is 0. The molecule has 8 N–H and O–H groups in total. The fourth-order valence-corrected chi connectivity index (χ4v) is 1.05. The Morgan fingerprint density at radius 3 is 1.31 bits per heavy atom.